The van der Waals surface area contributed by atoms with Crippen LogP contribution in [0.5, 0.6) is 0 Å². The van der Waals surface area contributed by atoms with Gasteiger partial charge in [-0.2, -0.15) is 13.2 Å². The van der Waals surface area contributed by atoms with Crippen molar-refractivity contribution >= 4 is 11.6 Å². The summed E-state index contributed by atoms with van der Waals surface area (Å²) in [6.45, 7) is 4.46. The van der Waals surface area contributed by atoms with Crippen molar-refractivity contribution < 1.29 is 22.7 Å². The molecule has 3 heterocycles. The highest BCUT2D eigenvalue weighted by Gasteiger charge is 2.46. The number of rotatable bonds is 7. The summed E-state index contributed by atoms with van der Waals surface area (Å²) in [5, 5.41) is 2.28. The van der Waals surface area contributed by atoms with Crippen molar-refractivity contribution in [3.8, 4) is 11.4 Å². The van der Waals surface area contributed by atoms with Crippen LogP contribution in [-0.4, -0.2) is 45.2 Å². The lowest BCUT2D eigenvalue weighted by Crippen LogP contribution is -2.51. The highest BCUT2D eigenvalue weighted by Crippen LogP contribution is 2.36. The second-order valence-electron chi connectivity index (χ2n) is 8.82. The number of carbonyl (C=O) groups excluding carboxylic acids is 1. The zero-order valence-corrected chi connectivity index (χ0v) is 19.3. The number of ether oxygens (including phenoxy) is 1. The number of amides is 1. The molecule has 34 heavy (non-hydrogen) atoms. The first kappa shape index (κ1) is 24.2. The van der Waals surface area contributed by atoms with E-state index in [1.165, 1.54) is 6.07 Å². The Hall–Kier alpha value is -2.94. The fraction of sp³-hybridized carbons (Fsp3) is 0.480. The normalized spacial score (nSPS) is 19.8. The molecule has 3 aromatic rings. The molecule has 1 atom stereocenters. The Morgan fingerprint density at radius 2 is 1.97 bits per heavy atom. The Morgan fingerprint density at radius 1 is 1.21 bits per heavy atom. The zero-order chi connectivity index (χ0) is 24.3. The molecule has 1 aliphatic carbocycles. The number of pyridine rings is 1. The smallest absolute Gasteiger partial charge is 0.378 e. The average molecular weight is 475 g/mol. The van der Waals surface area contributed by atoms with Crippen LogP contribution in [0.25, 0.3) is 17.0 Å². The molecule has 1 N–H and O–H groups in total. The second-order valence-corrected chi connectivity index (χ2v) is 8.82. The molecule has 0 aliphatic heterocycles. The minimum atomic E-state index is -4.55. The van der Waals surface area contributed by atoms with Gasteiger partial charge in [-0.05, 0) is 69.2 Å². The van der Waals surface area contributed by atoms with Gasteiger partial charge in [0.2, 0.25) is 0 Å². The van der Waals surface area contributed by atoms with Crippen molar-refractivity contribution in [3.63, 3.8) is 0 Å². The van der Waals surface area contributed by atoms with Gasteiger partial charge in [0.25, 0.3) is 5.91 Å². The van der Waals surface area contributed by atoms with Crippen LogP contribution in [0.3, 0.4) is 0 Å². The molecule has 9 heteroatoms. The third kappa shape index (κ3) is 5.24. The van der Waals surface area contributed by atoms with Crippen molar-refractivity contribution in [1.82, 2.24) is 19.7 Å². The summed E-state index contributed by atoms with van der Waals surface area (Å²) in [6.07, 6.45) is 1.46. The highest BCUT2D eigenvalue weighted by atomic mass is 19.4. The van der Waals surface area contributed by atoms with E-state index < -0.39 is 24.0 Å². The number of carbonyl (C=O) groups is 1. The van der Waals surface area contributed by atoms with E-state index in [9.17, 15) is 18.0 Å². The maximum atomic E-state index is 14.0. The van der Waals surface area contributed by atoms with Gasteiger partial charge in [0.15, 0.2) is 5.65 Å². The van der Waals surface area contributed by atoms with Gasteiger partial charge in [-0.15, -0.1) is 0 Å². The number of aryl methyl sites for hydroxylation is 1. The van der Waals surface area contributed by atoms with E-state index in [-0.39, 0.29) is 11.7 Å². The molecule has 1 aliphatic rings. The van der Waals surface area contributed by atoms with Crippen LogP contribution in [0, 0.1) is 12.8 Å². The Bertz CT molecular complexity index is 1120. The number of fused-ring (bicyclic) bond motifs is 1. The number of nitrogens with zero attached hydrogens (tertiary/aromatic N) is 3. The molecule has 4 rings (SSSR count). The van der Waals surface area contributed by atoms with Crippen molar-refractivity contribution in [2.24, 2.45) is 5.92 Å². The van der Waals surface area contributed by atoms with Crippen molar-refractivity contribution in [2.45, 2.75) is 64.3 Å². The molecule has 0 bridgehead atoms. The third-order valence-electron chi connectivity index (χ3n) is 6.37. The number of nitrogens with one attached hydrogen (secondary N) is 1. The summed E-state index contributed by atoms with van der Waals surface area (Å²) in [5.74, 6) is -1.46. The van der Waals surface area contributed by atoms with Crippen molar-refractivity contribution in [3.05, 3.63) is 54.0 Å². The van der Waals surface area contributed by atoms with E-state index >= 15 is 0 Å². The van der Waals surface area contributed by atoms with E-state index in [0.29, 0.717) is 49.3 Å². The van der Waals surface area contributed by atoms with Crippen LogP contribution in [-0.2, 0) is 4.74 Å². The van der Waals surface area contributed by atoms with Crippen molar-refractivity contribution in [1.29, 1.82) is 0 Å². The Morgan fingerprint density at radius 3 is 2.62 bits per heavy atom. The fourth-order valence-electron chi connectivity index (χ4n) is 4.62. The average Bonchev–Trinajstić information content (AvgIpc) is 3.26. The summed E-state index contributed by atoms with van der Waals surface area (Å²) in [4.78, 5) is 21.9. The molecule has 3 aromatic heterocycles. The van der Waals surface area contributed by atoms with Crippen molar-refractivity contribution in [2.75, 3.05) is 6.61 Å². The molecule has 0 spiro atoms. The number of halogens is 3. The molecule has 1 amide bonds. The zero-order valence-electron chi connectivity index (χ0n) is 19.3. The van der Waals surface area contributed by atoms with E-state index in [4.69, 9.17) is 4.74 Å². The molecular weight excluding hydrogens is 445 g/mol. The van der Waals surface area contributed by atoms with Gasteiger partial charge in [0.1, 0.15) is 6.04 Å². The largest absolute Gasteiger partial charge is 0.408 e. The Kier molecular flexibility index (Phi) is 7.21. The van der Waals surface area contributed by atoms with Crippen LogP contribution in [0.1, 0.15) is 55.1 Å². The number of aromatic nitrogens is 3. The SMILES string of the molecule is CCCOC1CCC(C(NC(=O)c2ccn3c(C)cc(-c4ccccn4)nc23)C(F)(F)F)CC1. The third-order valence-corrected chi connectivity index (χ3v) is 6.37. The van der Waals surface area contributed by atoms with E-state index in [1.807, 2.05) is 26.0 Å². The minimum Gasteiger partial charge on any atom is -0.378 e. The monoisotopic (exact) mass is 474 g/mol. The Labute approximate surface area is 196 Å². The lowest BCUT2D eigenvalue weighted by molar-refractivity contribution is -0.169. The summed E-state index contributed by atoms with van der Waals surface area (Å²) in [6, 6.07) is 6.82. The molecule has 182 valence electrons. The van der Waals surface area contributed by atoms with Gasteiger partial charge in [-0.3, -0.25) is 9.78 Å². The lowest BCUT2D eigenvalue weighted by atomic mass is 9.82. The highest BCUT2D eigenvalue weighted by molar-refractivity contribution is 6.00. The Balaban J connectivity index is 1.56. The van der Waals surface area contributed by atoms with Crippen LogP contribution < -0.4 is 5.32 Å². The van der Waals surface area contributed by atoms with Crippen LogP contribution in [0.2, 0.25) is 0 Å². The van der Waals surface area contributed by atoms with E-state index in [1.54, 1.807) is 28.9 Å². The fourth-order valence-corrected chi connectivity index (χ4v) is 4.62. The summed E-state index contributed by atoms with van der Waals surface area (Å²) in [7, 11) is 0. The summed E-state index contributed by atoms with van der Waals surface area (Å²) in [5.41, 5.74) is 2.38. The molecular formula is C25H29F3N4O2. The van der Waals surface area contributed by atoms with Crippen LogP contribution >= 0.6 is 0 Å². The van der Waals surface area contributed by atoms with Gasteiger partial charge in [0, 0.05) is 24.7 Å². The number of hydrogen-bond donors (Lipinski definition) is 1. The second kappa shape index (κ2) is 10.1. The maximum Gasteiger partial charge on any atom is 0.408 e. The van der Waals surface area contributed by atoms with Gasteiger partial charge < -0.3 is 14.5 Å². The molecule has 1 saturated carbocycles. The van der Waals surface area contributed by atoms with Gasteiger partial charge in [-0.1, -0.05) is 13.0 Å². The standard InChI is InChI=1S/C25H29F3N4O2/c1-3-14-34-18-9-7-17(8-10-18)22(25(26,27)28)31-24(33)19-11-13-32-16(2)15-21(30-23(19)32)20-6-4-5-12-29-20/h4-6,11-13,15,17-18,22H,3,7-10,14H2,1-2H3,(H,31,33). The maximum absolute atomic E-state index is 14.0. The first-order chi connectivity index (χ1) is 16.3. The summed E-state index contributed by atoms with van der Waals surface area (Å²) < 4.78 is 49.4. The first-order valence-electron chi connectivity index (χ1n) is 11.7. The first-order valence-corrected chi connectivity index (χ1v) is 11.7. The molecule has 0 saturated heterocycles. The predicted octanol–water partition coefficient (Wildman–Crippen LogP) is 5.35. The van der Waals surface area contributed by atoms with E-state index in [2.05, 4.69) is 15.3 Å². The van der Waals surface area contributed by atoms with Crippen LogP contribution in [0.4, 0.5) is 13.2 Å². The molecule has 6 nitrogen and oxygen atoms in total. The molecule has 1 unspecified atom stereocenters. The number of hydrogen-bond acceptors (Lipinski definition) is 4. The lowest BCUT2D eigenvalue weighted by Gasteiger charge is -2.35. The topological polar surface area (TPSA) is 68.5 Å². The predicted molar refractivity (Wildman–Crippen MR) is 122 cm³/mol. The van der Waals surface area contributed by atoms with Crippen LogP contribution in [0.15, 0.2) is 42.7 Å². The molecule has 1 fully saturated rings. The van der Waals surface area contributed by atoms with Gasteiger partial charge in [-0.25, -0.2) is 4.98 Å². The number of alkyl halides is 3. The van der Waals surface area contributed by atoms with Gasteiger partial charge >= 0.3 is 6.18 Å². The quantitative estimate of drug-likeness (QED) is 0.501. The molecule has 0 aromatic carbocycles. The van der Waals surface area contributed by atoms with E-state index in [0.717, 1.165) is 12.1 Å². The summed E-state index contributed by atoms with van der Waals surface area (Å²) >= 11 is 0. The minimum absolute atomic E-state index is 0.00612. The molecule has 0 radical (unpaired) electrons. The van der Waals surface area contributed by atoms with Gasteiger partial charge in [0.05, 0.1) is 23.1 Å².